The molecule has 1 aliphatic heterocycles. The summed E-state index contributed by atoms with van der Waals surface area (Å²) in [6, 6.07) is 0. The summed E-state index contributed by atoms with van der Waals surface area (Å²) in [6.45, 7) is 1.93. The molecule has 0 amide bonds. The zero-order valence-corrected chi connectivity index (χ0v) is 6.40. The van der Waals surface area contributed by atoms with Gasteiger partial charge >= 0.3 is 0 Å². The summed E-state index contributed by atoms with van der Waals surface area (Å²) in [5, 5.41) is 9.93. The number of piperidine rings is 1. The number of likely N-dealkylation sites (tertiary alicyclic amines) is 1. The summed E-state index contributed by atoms with van der Waals surface area (Å²) >= 11 is 0. The highest BCUT2D eigenvalue weighted by atomic mass is 16.6. The number of hydrogen-bond donors (Lipinski definition) is 0. The minimum absolute atomic E-state index is 0.422. The zero-order valence-electron chi connectivity index (χ0n) is 6.40. The molecule has 0 aromatic rings. The average Bonchev–Trinajstić information content (AvgIpc) is 2.03. The van der Waals surface area contributed by atoms with Crippen LogP contribution in [0.1, 0.15) is 19.3 Å². The molecule has 0 aromatic carbocycles. The molecular weight excluding hydrogens is 144 g/mol. The quantitative estimate of drug-likeness (QED) is 0.446. The molecule has 62 valence electrons. The first kappa shape index (κ1) is 8.04. The first-order valence-corrected chi connectivity index (χ1v) is 3.85. The van der Waals surface area contributed by atoms with Gasteiger partial charge in [-0.25, -0.2) is 0 Å². The van der Waals surface area contributed by atoms with Crippen LogP contribution in [0.2, 0.25) is 0 Å². The van der Waals surface area contributed by atoms with Gasteiger partial charge in [-0.3, -0.25) is 10.1 Å². The number of rotatable bonds is 2. The summed E-state index contributed by atoms with van der Waals surface area (Å²) in [7, 11) is 0. The van der Waals surface area contributed by atoms with Crippen LogP contribution in [-0.2, 0) is 0 Å². The van der Waals surface area contributed by atoms with Crippen LogP contribution in [0.3, 0.4) is 0 Å². The topological polar surface area (TPSA) is 46.4 Å². The lowest BCUT2D eigenvalue weighted by molar-refractivity contribution is -0.403. The third kappa shape index (κ3) is 3.02. The van der Waals surface area contributed by atoms with Crippen molar-refractivity contribution >= 4 is 0 Å². The molecule has 11 heavy (non-hydrogen) atoms. The Morgan fingerprint density at radius 1 is 1.27 bits per heavy atom. The van der Waals surface area contributed by atoms with Crippen LogP contribution in [0.25, 0.3) is 0 Å². The fourth-order valence-corrected chi connectivity index (χ4v) is 1.22. The molecule has 1 fully saturated rings. The molecule has 0 aliphatic carbocycles. The normalized spacial score (nSPS) is 19.1. The van der Waals surface area contributed by atoms with Gasteiger partial charge in [-0.05, 0) is 19.3 Å². The predicted octanol–water partition coefficient (Wildman–Crippen LogP) is 1.22. The molecule has 0 N–H and O–H groups in total. The highest BCUT2D eigenvalue weighted by Gasteiger charge is 2.05. The summed E-state index contributed by atoms with van der Waals surface area (Å²) in [5.74, 6) is 0. The number of hydrogen-bond acceptors (Lipinski definition) is 3. The first-order valence-electron chi connectivity index (χ1n) is 3.85. The fraction of sp³-hybridized carbons (Fsp3) is 0.714. The van der Waals surface area contributed by atoms with E-state index in [1.807, 2.05) is 4.90 Å². The molecule has 0 bridgehead atoms. The van der Waals surface area contributed by atoms with E-state index >= 15 is 0 Å². The Hall–Kier alpha value is -1.06. The van der Waals surface area contributed by atoms with E-state index in [9.17, 15) is 10.1 Å². The molecular formula is C7H12N2O2. The van der Waals surface area contributed by atoms with Crippen molar-refractivity contribution in [3.8, 4) is 0 Å². The third-order valence-corrected chi connectivity index (χ3v) is 1.79. The summed E-state index contributed by atoms with van der Waals surface area (Å²) in [6.07, 6.45) is 6.14. The van der Waals surface area contributed by atoms with Gasteiger partial charge in [0.25, 0.3) is 0 Å². The Labute approximate surface area is 65.6 Å². The average molecular weight is 156 g/mol. The van der Waals surface area contributed by atoms with Crippen molar-refractivity contribution in [2.24, 2.45) is 0 Å². The molecule has 0 radical (unpaired) electrons. The Morgan fingerprint density at radius 2 is 1.91 bits per heavy atom. The zero-order chi connectivity index (χ0) is 8.10. The van der Waals surface area contributed by atoms with Crippen molar-refractivity contribution in [1.82, 2.24) is 4.90 Å². The summed E-state index contributed by atoms with van der Waals surface area (Å²) in [5.41, 5.74) is 0. The van der Waals surface area contributed by atoms with Gasteiger partial charge in [-0.2, -0.15) is 0 Å². The van der Waals surface area contributed by atoms with Crippen LogP contribution < -0.4 is 0 Å². The molecule has 0 unspecified atom stereocenters. The van der Waals surface area contributed by atoms with Gasteiger partial charge in [-0.15, -0.1) is 0 Å². The lowest BCUT2D eigenvalue weighted by Crippen LogP contribution is -2.24. The highest BCUT2D eigenvalue weighted by molar-refractivity contribution is 4.77. The van der Waals surface area contributed by atoms with Gasteiger partial charge in [0, 0.05) is 13.1 Å². The molecule has 4 nitrogen and oxygen atoms in total. The van der Waals surface area contributed by atoms with Crippen LogP contribution in [-0.4, -0.2) is 22.9 Å². The Balaban J connectivity index is 2.29. The Kier molecular flexibility index (Phi) is 2.89. The second kappa shape index (κ2) is 3.95. The van der Waals surface area contributed by atoms with E-state index in [-0.39, 0.29) is 0 Å². The fourth-order valence-electron chi connectivity index (χ4n) is 1.22. The molecule has 1 heterocycles. The molecule has 0 aromatic heterocycles. The maximum absolute atomic E-state index is 9.93. The molecule has 1 aliphatic rings. The molecule has 1 saturated heterocycles. The van der Waals surface area contributed by atoms with Gasteiger partial charge in [0.1, 0.15) is 0 Å². The van der Waals surface area contributed by atoms with Gasteiger partial charge in [0.2, 0.25) is 6.20 Å². The van der Waals surface area contributed by atoms with E-state index in [2.05, 4.69) is 0 Å². The van der Waals surface area contributed by atoms with Crippen molar-refractivity contribution in [1.29, 1.82) is 0 Å². The van der Waals surface area contributed by atoms with Crippen LogP contribution >= 0.6 is 0 Å². The Bertz CT molecular complexity index is 162. The number of nitro groups is 1. The second-order valence-corrected chi connectivity index (χ2v) is 2.68. The number of nitrogens with zero attached hydrogens (tertiary/aromatic N) is 2. The standard InChI is InChI=1S/C7H12N2O2/c10-9(11)7-6-8-4-2-1-3-5-8/h6-7H,1-5H2/b7-6+. The molecule has 0 spiro atoms. The highest BCUT2D eigenvalue weighted by Crippen LogP contribution is 2.08. The molecule has 0 atom stereocenters. The summed E-state index contributed by atoms with van der Waals surface area (Å²) in [4.78, 5) is 11.5. The van der Waals surface area contributed by atoms with Crippen LogP contribution in [0, 0.1) is 10.1 Å². The van der Waals surface area contributed by atoms with E-state index in [1.54, 1.807) is 6.20 Å². The van der Waals surface area contributed by atoms with Gasteiger partial charge in [0.05, 0.1) is 11.1 Å². The predicted molar refractivity (Wildman–Crippen MR) is 41.6 cm³/mol. The maximum atomic E-state index is 9.93. The van der Waals surface area contributed by atoms with Crippen LogP contribution in [0.4, 0.5) is 0 Å². The van der Waals surface area contributed by atoms with E-state index in [0.29, 0.717) is 0 Å². The third-order valence-electron chi connectivity index (χ3n) is 1.79. The minimum atomic E-state index is -0.422. The minimum Gasteiger partial charge on any atom is -0.372 e. The molecule has 1 rings (SSSR count). The second-order valence-electron chi connectivity index (χ2n) is 2.68. The molecule has 0 saturated carbocycles. The van der Waals surface area contributed by atoms with E-state index in [0.717, 1.165) is 32.1 Å². The van der Waals surface area contributed by atoms with Crippen molar-refractivity contribution < 1.29 is 4.92 Å². The lowest BCUT2D eigenvalue weighted by Gasteiger charge is -2.23. The summed E-state index contributed by atoms with van der Waals surface area (Å²) < 4.78 is 0. The van der Waals surface area contributed by atoms with Gasteiger partial charge < -0.3 is 4.90 Å². The van der Waals surface area contributed by atoms with E-state index in [1.165, 1.54) is 6.42 Å². The van der Waals surface area contributed by atoms with Crippen LogP contribution in [0.5, 0.6) is 0 Å². The van der Waals surface area contributed by atoms with Gasteiger partial charge in [0.15, 0.2) is 0 Å². The van der Waals surface area contributed by atoms with Crippen LogP contribution in [0.15, 0.2) is 12.4 Å². The van der Waals surface area contributed by atoms with Gasteiger partial charge in [-0.1, -0.05) is 0 Å². The smallest absolute Gasteiger partial charge is 0.250 e. The Morgan fingerprint density at radius 3 is 2.45 bits per heavy atom. The maximum Gasteiger partial charge on any atom is 0.250 e. The van der Waals surface area contributed by atoms with Crippen molar-refractivity contribution in [3.63, 3.8) is 0 Å². The van der Waals surface area contributed by atoms with E-state index < -0.39 is 4.92 Å². The largest absolute Gasteiger partial charge is 0.372 e. The lowest BCUT2D eigenvalue weighted by atomic mass is 10.1. The van der Waals surface area contributed by atoms with Crippen molar-refractivity contribution in [2.75, 3.05) is 13.1 Å². The first-order chi connectivity index (χ1) is 5.29. The van der Waals surface area contributed by atoms with Crippen molar-refractivity contribution in [2.45, 2.75) is 19.3 Å². The monoisotopic (exact) mass is 156 g/mol. The van der Waals surface area contributed by atoms with Crippen molar-refractivity contribution in [3.05, 3.63) is 22.5 Å². The molecule has 4 heteroatoms. The SMILES string of the molecule is O=[N+]([O-])/C=C/N1CCCCC1. The van der Waals surface area contributed by atoms with E-state index in [4.69, 9.17) is 0 Å².